The number of aromatic nitrogens is 3. The lowest BCUT2D eigenvalue weighted by Gasteiger charge is -2.14. The zero-order valence-electron chi connectivity index (χ0n) is 30.4. The molecule has 0 fully saturated rings. The molecule has 4 heterocycles. The minimum Gasteiger partial charge on any atom is -0.456 e. The molecule has 0 aliphatic rings. The molecule has 5 heteroatoms. The first-order valence-corrected chi connectivity index (χ1v) is 20.1. The van der Waals surface area contributed by atoms with Crippen molar-refractivity contribution in [2.75, 3.05) is 0 Å². The molecule has 0 bridgehead atoms. The lowest BCUT2D eigenvalue weighted by atomic mass is 9.95. The second-order valence-electron chi connectivity index (χ2n) is 14.8. The quantitative estimate of drug-likeness (QED) is 0.169. The number of thiophene rings is 1. The molecule has 0 radical (unpaired) electrons. The van der Waals surface area contributed by atoms with E-state index in [1.807, 2.05) is 0 Å². The van der Waals surface area contributed by atoms with Crippen LogP contribution in [-0.2, 0) is 0 Å². The predicted molar refractivity (Wildman–Crippen MR) is 240 cm³/mol. The molecule has 0 saturated heterocycles. The van der Waals surface area contributed by atoms with Crippen LogP contribution in [-0.4, -0.2) is 14.5 Å². The third-order valence-electron chi connectivity index (χ3n) is 11.8. The molecule has 4 aromatic heterocycles. The van der Waals surface area contributed by atoms with Gasteiger partial charge in [0.05, 0.1) is 26.9 Å². The molecule has 264 valence electrons. The monoisotopic (exact) mass is 743 g/mol. The minimum absolute atomic E-state index is 0.652. The van der Waals surface area contributed by atoms with E-state index in [-0.39, 0.29) is 0 Å². The first-order valence-electron chi connectivity index (χ1n) is 19.2. The minimum atomic E-state index is 0.652. The summed E-state index contributed by atoms with van der Waals surface area (Å²) in [7, 11) is 0. The highest BCUT2D eigenvalue weighted by atomic mass is 32.1. The van der Waals surface area contributed by atoms with Crippen LogP contribution in [0.2, 0.25) is 0 Å². The molecule has 0 N–H and O–H groups in total. The van der Waals surface area contributed by atoms with Crippen molar-refractivity contribution < 1.29 is 4.42 Å². The first-order chi connectivity index (χ1) is 28.3. The van der Waals surface area contributed by atoms with Gasteiger partial charge in [0.15, 0.2) is 0 Å². The van der Waals surface area contributed by atoms with Gasteiger partial charge in [0.1, 0.15) is 11.2 Å². The van der Waals surface area contributed by atoms with Crippen LogP contribution >= 0.6 is 11.3 Å². The maximum absolute atomic E-state index is 6.48. The summed E-state index contributed by atoms with van der Waals surface area (Å²) in [6.45, 7) is 0. The molecule has 13 aromatic rings. The zero-order valence-corrected chi connectivity index (χ0v) is 31.2. The van der Waals surface area contributed by atoms with E-state index in [4.69, 9.17) is 14.4 Å². The van der Waals surface area contributed by atoms with Crippen molar-refractivity contribution in [3.8, 4) is 28.3 Å². The molecule has 4 nitrogen and oxygen atoms in total. The Kier molecular flexibility index (Phi) is 6.29. The molecular formula is C52H29N3OS. The molecule has 0 aliphatic carbocycles. The number of para-hydroxylation sites is 1. The molecule has 13 rings (SSSR count). The van der Waals surface area contributed by atoms with E-state index in [9.17, 15) is 0 Å². The second-order valence-corrected chi connectivity index (χ2v) is 15.9. The Labute approximate surface area is 329 Å². The van der Waals surface area contributed by atoms with Crippen LogP contribution in [0.15, 0.2) is 180 Å². The first kappa shape index (κ1) is 30.9. The largest absolute Gasteiger partial charge is 0.456 e. The van der Waals surface area contributed by atoms with Crippen molar-refractivity contribution in [1.29, 1.82) is 0 Å². The number of furan rings is 1. The van der Waals surface area contributed by atoms with Crippen LogP contribution in [0.4, 0.5) is 0 Å². The normalized spacial score (nSPS) is 12.2. The lowest BCUT2D eigenvalue weighted by Crippen LogP contribution is -2.04. The molecule has 0 aliphatic heterocycles. The van der Waals surface area contributed by atoms with Crippen LogP contribution in [0.5, 0.6) is 0 Å². The number of fused-ring (bicyclic) bond motifs is 16. The number of nitrogens with zero attached hydrogens (tertiary/aromatic N) is 3. The lowest BCUT2D eigenvalue weighted by molar-refractivity contribution is 0.669. The summed E-state index contributed by atoms with van der Waals surface area (Å²) < 4.78 is 11.1. The fourth-order valence-electron chi connectivity index (χ4n) is 9.34. The summed E-state index contributed by atoms with van der Waals surface area (Å²) in [5.74, 6) is 0.652. The summed E-state index contributed by atoms with van der Waals surface area (Å²) in [6.07, 6.45) is 0. The fraction of sp³-hybridized carbons (Fsp3) is 0. The Morgan fingerprint density at radius 1 is 0.439 bits per heavy atom. The third kappa shape index (κ3) is 4.32. The maximum Gasteiger partial charge on any atom is 0.235 e. The summed E-state index contributed by atoms with van der Waals surface area (Å²) in [6, 6.07) is 62.9. The Bertz CT molecular complexity index is 3820. The topological polar surface area (TPSA) is 43.9 Å². The molecule has 0 unspecified atom stereocenters. The van der Waals surface area contributed by atoms with E-state index >= 15 is 0 Å². The average Bonchev–Trinajstić information content (AvgIpc) is 3.96. The molecule has 0 spiro atoms. The second kappa shape index (κ2) is 11.6. The van der Waals surface area contributed by atoms with Gasteiger partial charge in [-0.2, -0.15) is 0 Å². The summed E-state index contributed by atoms with van der Waals surface area (Å²) in [4.78, 5) is 11.2. The van der Waals surface area contributed by atoms with Gasteiger partial charge in [-0.25, -0.2) is 9.97 Å². The van der Waals surface area contributed by atoms with Gasteiger partial charge in [-0.05, 0) is 56.8 Å². The molecule has 0 amide bonds. The van der Waals surface area contributed by atoms with Gasteiger partial charge in [-0.3, -0.25) is 4.57 Å². The van der Waals surface area contributed by atoms with Crippen LogP contribution in [0.25, 0.3) is 125 Å². The number of benzene rings is 9. The van der Waals surface area contributed by atoms with Gasteiger partial charge in [-0.15, -0.1) is 11.3 Å². The van der Waals surface area contributed by atoms with Crippen LogP contribution in [0, 0.1) is 0 Å². The van der Waals surface area contributed by atoms with Gasteiger partial charge in [0.2, 0.25) is 5.95 Å². The van der Waals surface area contributed by atoms with E-state index in [0.29, 0.717) is 5.95 Å². The smallest absolute Gasteiger partial charge is 0.235 e. The maximum atomic E-state index is 6.48. The summed E-state index contributed by atoms with van der Waals surface area (Å²) in [5.41, 5.74) is 9.13. The fourth-order valence-corrected chi connectivity index (χ4v) is 10.5. The average molecular weight is 744 g/mol. The molecule has 9 aromatic carbocycles. The van der Waals surface area contributed by atoms with Crippen molar-refractivity contribution in [2.24, 2.45) is 0 Å². The molecule has 0 atom stereocenters. The van der Waals surface area contributed by atoms with Gasteiger partial charge >= 0.3 is 0 Å². The zero-order chi connectivity index (χ0) is 37.2. The molecular weight excluding hydrogens is 715 g/mol. The van der Waals surface area contributed by atoms with Crippen LogP contribution in [0.3, 0.4) is 0 Å². The Morgan fingerprint density at radius 2 is 1.12 bits per heavy atom. The van der Waals surface area contributed by atoms with Crippen molar-refractivity contribution in [3.63, 3.8) is 0 Å². The summed E-state index contributed by atoms with van der Waals surface area (Å²) in [5, 5.41) is 12.9. The van der Waals surface area contributed by atoms with Crippen LogP contribution < -0.4 is 0 Å². The standard InChI is InChI=1S/C52H29N3OS/c1-2-14-31(15-3-1)47-51-48(39-21-10-11-24-44(39)57-51)54-52(53-47)55-49-34(32-26-27-42-41(29-32)45-33-16-5-4-13-30(33)25-28-43(45)56-42)22-12-23-40(49)46-37-19-8-6-17-35(37)36-18-7-9-20-38(36)50(46)55/h1-29H. The Morgan fingerprint density at radius 3 is 1.98 bits per heavy atom. The van der Waals surface area contributed by atoms with Crippen molar-refractivity contribution in [2.45, 2.75) is 0 Å². The third-order valence-corrected chi connectivity index (χ3v) is 13.0. The highest BCUT2D eigenvalue weighted by molar-refractivity contribution is 7.26. The van der Waals surface area contributed by atoms with E-state index in [2.05, 4.69) is 180 Å². The summed E-state index contributed by atoms with van der Waals surface area (Å²) >= 11 is 1.76. The number of hydrogen-bond acceptors (Lipinski definition) is 4. The van der Waals surface area contributed by atoms with E-state index in [1.54, 1.807) is 11.3 Å². The number of rotatable bonds is 3. The van der Waals surface area contributed by atoms with Crippen LogP contribution in [0.1, 0.15) is 0 Å². The predicted octanol–water partition coefficient (Wildman–Crippen LogP) is 14.6. The van der Waals surface area contributed by atoms with E-state index in [1.165, 1.54) is 37.0 Å². The van der Waals surface area contributed by atoms with Crippen molar-refractivity contribution in [3.05, 3.63) is 176 Å². The highest BCUT2D eigenvalue weighted by Crippen LogP contribution is 2.47. The Balaban J connectivity index is 1.23. The van der Waals surface area contributed by atoms with Gasteiger partial charge < -0.3 is 4.42 Å². The highest BCUT2D eigenvalue weighted by Gasteiger charge is 2.25. The van der Waals surface area contributed by atoms with Gasteiger partial charge in [0.25, 0.3) is 0 Å². The van der Waals surface area contributed by atoms with Gasteiger partial charge in [-0.1, -0.05) is 152 Å². The van der Waals surface area contributed by atoms with Crippen molar-refractivity contribution in [1.82, 2.24) is 14.5 Å². The van der Waals surface area contributed by atoms with E-state index < -0.39 is 0 Å². The Hall–Kier alpha value is -7.34. The number of hydrogen-bond donors (Lipinski definition) is 0. The SMILES string of the molecule is c1ccc(-c2nc(-n3c4c(-c5ccc6oc7ccc8ccccc8c7c6c5)cccc4c4c5ccccc5c5ccccc5c43)nc3c2sc2ccccc23)cc1. The van der Waals surface area contributed by atoms with E-state index in [0.717, 1.165) is 81.7 Å². The molecule has 0 saturated carbocycles. The van der Waals surface area contributed by atoms with Crippen molar-refractivity contribution >= 4 is 108 Å². The molecule has 57 heavy (non-hydrogen) atoms. The van der Waals surface area contributed by atoms with Gasteiger partial charge in [0, 0.05) is 48.1 Å².